The summed E-state index contributed by atoms with van der Waals surface area (Å²) >= 11 is 0. The van der Waals surface area contributed by atoms with Crippen LogP contribution in [0, 0.1) is 11.3 Å². The number of carbonyl (C=O) groups excluding carboxylic acids is 1. The number of hydrogen-bond acceptors (Lipinski definition) is 3. The van der Waals surface area contributed by atoms with E-state index in [1.807, 2.05) is 6.92 Å². The summed E-state index contributed by atoms with van der Waals surface area (Å²) in [7, 11) is 0. The molecule has 1 rings (SSSR count). The number of nitrogens with zero attached hydrogens (tertiary/aromatic N) is 1. The molecule has 0 aromatic heterocycles. The molecule has 0 spiro atoms. The molecule has 110 valence electrons. The van der Waals surface area contributed by atoms with Gasteiger partial charge in [-0.25, -0.2) is 0 Å². The van der Waals surface area contributed by atoms with Crippen molar-refractivity contribution in [1.82, 2.24) is 10.2 Å². The van der Waals surface area contributed by atoms with Gasteiger partial charge in [0.1, 0.15) is 5.92 Å². The van der Waals surface area contributed by atoms with Gasteiger partial charge in [-0.1, -0.05) is 20.8 Å². The third-order valence-corrected chi connectivity index (χ3v) is 3.49. The van der Waals surface area contributed by atoms with Crippen molar-refractivity contribution in [2.45, 2.75) is 46.6 Å². The molecule has 1 saturated heterocycles. The van der Waals surface area contributed by atoms with Gasteiger partial charge in [-0.05, 0) is 38.3 Å². The lowest BCUT2D eigenvalue weighted by molar-refractivity contribution is -0.151. The van der Waals surface area contributed by atoms with Crippen LogP contribution in [0.2, 0.25) is 0 Å². The number of likely N-dealkylation sites (tertiary alicyclic amines) is 1. The number of hydrogen-bond donors (Lipinski definition) is 2. The summed E-state index contributed by atoms with van der Waals surface area (Å²) in [5.41, 5.74) is -0.580. The zero-order valence-corrected chi connectivity index (χ0v) is 12.4. The molecule has 5 nitrogen and oxygen atoms in total. The molecule has 1 heterocycles. The van der Waals surface area contributed by atoms with Crippen molar-refractivity contribution < 1.29 is 14.7 Å². The number of amides is 1. The van der Waals surface area contributed by atoms with Gasteiger partial charge in [0.25, 0.3) is 0 Å². The van der Waals surface area contributed by atoms with Crippen molar-refractivity contribution in [2.75, 3.05) is 19.6 Å². The van der Waals surface area contributed by atoms with Crippen LogP contribution in [0.3, 0.4) is 0 Å². The molecule has 0 radical (unpaired) electrons. The van der Waals surface area contributed by atoms with E-state index in [1.165, 1.54) is 12.8 Å². The van der Waals surface area contributed by atoms with E-state index in [4.69, 9.17) is 0 Å². The van der Waals surface area contributed by atoms with E-state index < -0.39 is 17.3 Å². The highest BCUT2D eigenvalue weighted by Crippen LogP contribution is 2.26. The number of carboxylic acid groups (broad SMARTS) is 1. The molecule has 19 heavy (non-hydrogen) atoms. The first-order valence-electron chi connectivity index (χ1n) is 6.97. The molecule has 0 saturated carbocycles. The zero-order valence-electron chi connectivity index (χ0n) is 12.4. The molecule has 1 amide bonds. The van der Waals surface area contributed by atoms with Gasteiger partial charge in [-0.2, -0.15) is 0 Å². The Bertz CT molecular complexity index is 330. The fourth-order valence-electron chi connectivity index (χ4n) is 2.60. The SMILES string of the molecule is CC(CN1CCCC1)NC(=O)C(C(=O)O)C(C)(C)C. The highest BCUT2D eigenvalue weighted by molar-refractivity contribution is 5.97. The average molecular weight is 270 g/mol. The van der Waals surface area contributed by atoms with Crippen LogP contribution in [0.1, 0.15) is 40.5 Å². The molecular weight excluding hydrogens is 244 g/mol. The van der Waals surface area contributed by atoms with E-state index in [0.29, 0.717) is 0 Å². The second-order valence-electron chi connectivity index (χ2n) is 6.55. The Labute approximate surface area is 115 Å². The molecule has 0 aromatic rings. The van der Waals surface area contributed by atoms with Crippen LogP contribution >= 0.6 is 0 Å². The number of carbonyl (C=O) groups is 2. The standard InChI is InChI=1S/C14H26N2O3/c1-10(9-16-7-5-6-8-16)15-12(17)11(13(18)19)14(2,3)4/h10-11H,5-9H2,1-4H3,(H,15,17)(H,18,19). The van der Waals surface area contributed by atoms with Crippen molar-refractivity contribution in [3.8, 4) is 0 Å². The smallest absolute Gasteiger partial charge is 0.316 e. The van der Waals surface area contributed by atoms with E-state index in [0.717, 1.165) is 19.6 Å². The fraction of sp³-hybridized carbons (Fsp3) is 0.857. The summed E-state index contributed by atoms with van der Waals surface area (Å²) in [6, 6.07) is -0.0187. The second-order valence-corrected chi connectivity index (χ2v) is 6.55. The summed E-state index contributed by atoms with van der Waals surface area (Å²) in [5.74, 6) is -2.45. The molecule has 5 heteroatoms. The van der Waals surface area contributed by atoms with Gasteiger partial charge in [-0.3, -0.25) is 9.59 Å². The van der Waals surface area contributed by atoms with Gasteiger partial charge in [0.05, 0.1) is 0 Å². The minimum atomic E-state index is -1.06. The predicted octanol–water partition coefficient (Wildman–Crippen LogP) is 1.33. The molecule has 1 aliphatic rings. The van der Waals surface area contributed by atoms with Crippen LogP contribution in [-0.2, 0) is 9.59 Å². The molecule has 0 aliphatic carbocycles. The first-order chi connectivity index (χ1) is 8.71. The lowest BCUT2D eigenvalue weighted by Crippen LogP contribution is -2.48. The lowest BCUT2D eigenvalue weighted by Gasteiger charge is -2.28. The minimum absolute atomic E-state index is 0.0187. The molecule has 0 bridgehead atoms. The van der Waals surface area contributed by atoms with Crippen molar-refractivity contribution in [2.24, 2.45) is 11.3 Å². The maximum atomic E-state index is 12.1. The van der Waals surface area contributed by atoms with Crippen LogP contribution in [0.4, 0.5) is 0 Å². The minimum Gasteiger partial charge on any atom is -0.481 e. The summed E-state index contributed by atoms with van der Waals surface area (Å²) < 4.78 is 0. The largest absolute Gasteiger partial charge is 0.481 e. The Kier molecular flexibility index (Phi) is 5.35. The molecular formula is C14H26N2O3. The molecule has 2 N–H and O–H groups in total. The van der Waals surface area contributed by atoms with Gasteiger partial charge in [-0.15, -0.1) is 0 Å². The predicted molar refractivity (Wildman–Crippen MR) is 73.9 cm³/mol. The van der Waals surface area contributed by atoms with Crippen LogP contribution < -0.4 is 5.32 Å². The van der Waals surface area contributed by atoms with Gasteiger partial charge < -0.3 is 15.3 Å². The van der Waals surface area contributed by atoms with Gasteiger partial charge in [0.2, 0.25) is 5.91 Å². The normalized spacial score (nSPS) is 20.0. The van der Waals surface area contributed by atoms with Crippen molar-refractivity contribution in [3.63, 3.8) is 0 Å². The Morgan fingerprint density at radius 3 is 2.21 bits per heavy atom. The highest BCUT2D eigenvalue weighted by atomic mass is 16.4. The maximum Gasteiger partial charge on any atom is 0.316 e. The highest BCUT2D eigenvalue weighted by Gasteiger charge is 2.38. The second kappa shape index (κ2) is 6.37. The Morgan fingerprint density at radius 2 is 1.79 bits per heavy atom. The van der Waals surface area contributed by atoms with E-state index in [-0.39, 0.29) is 11.9 Å². The third kappa shape index (κ3) is 4.82. The molecule has 1 fully saturated rings. The Morgan fingerprint density at radius 1 is 1.26 bits per heavy atom. The monoisotopic (exact) mass is 270 g/mol. The lowest BCUT2D eigenvalue weighted by atomic mass is 9.80. The number of carboxylic acids is 1. The first-order valence-corrected chi connectivity index (χ1v) is 6.97. The number of rotatable bonds is 5. The summed E-state index contributed by atoms with van der Waals surface area (Å²) in [6.45, 7) is 10.2. The van der Waals surface area contributed by atoms with E-state index >= 15 is 0 Å². The molecule has 2 unspecified atom stereocenters. The average Bonchev–Trinajstić information content (AvgIpc) is 2.66. The van der Waals surface area contributed by atoms with Crippen LogP contribution in [0.15, 0.2) is 0 Å². The van der Waals surface area contributed by atoms with Crippen LogP contribution in [-0.4, -0.2) is 47.6 Å². The fourth-order valence-corrected chi connectivity index (χ4v) is 2.60. The molecule has 0 aromatic carbocycles. The van der Waals surface area contributed by atoms with Gasteiger partial charge >= 0.3 is 5.97 Å². The molecule has 2 atom stereocenters. The Balaban J connectivity index is 2.53. The van der Waals surface area contributed by atoms with Crippen LogP contribution in [0.5, 0.6) is 0 Å². The van der Waals surface area contributed by atoms with Crippen molar-refractivity contribution in [1.29, 1.82) is 0 Å². The van der Waals surface area contributed by atoms with Gasteiger partial charge in [0, 0.05) is 12.6 Å². The number of aliphatic carboxylic acids is 1. The van der Waals surface area contributed by atoms with Gasteiger partial charge in [0.15, 0.2) is 0 Å². The maximum absolute atomic E-state index is 12.1. The first kappa shape index (κ1) is 16.0. The van der Waals surface area contributed by atoms with E-state index in [2.05, 4.69) is 10.2 Å². The zero-order chi connectivity index (χ0) is 14.6. The molecule has 1 aliphatic heterocycles. The van der Waals surface area contributed by atoms with Crippen molar-refractivity contribution >= 4 is 11.9 Å². The summed E-state index contributed by atoms with van der Waals surface area (Å²) in [4.78, 5) is 25.7. The van der Waals surface area contributed by atoms with Crippen LogP contribution in [0.25, 0.3) is 0 Å². The third-order valence-electron chi connectivity index (χ3n) is 3.49. The number of nitrogens with one attached hydrogen (secondary N) is 1. The van der Waals surface area contributed by atoms with E-state index in [1.54, 1.807) is 20.8 Å². The summed E-state index contributed by atoms with van der Waals surface area (Å²) in [5, 5.41) is 12.0. The quantitative estimate of drug-likeness (QED) is 0.740. The Hall–Kier alpha value is -1.10. The van der Waals surface area contributed by atoms with E-state index in [9.17, 15) is 14.7 Å². The topological polar surface area (TPSA) is 69.6 Å². The van der Waals surface area contributed by atoms with Crippen molar-refractivity contribution in [3.05, 3.63) is 0 Å². The summed E-state index contributed by atoms with van der Waals surface area (Å²) in [6.07, 6.45) is 2.42.